The van der Waals surface area contributed by atoms with Gasteiger partial charge in [0.2, 0.25) is 5.91 Å². The molecule has 7 nitrogen and oxygen atoms in total. The van der Waals surface area contributed by atoms with Gasteiger partial charge in [-0.05, 0) is 48.2 Å². The minimum absolute atomic E-state index is 0.113. The molecule has 0 radical (unpaired) electrons. The summed E-state index contributed by atoms with van der Waals surface area (Å²) < 4.78 is 19.0. The van der Waals surface area contributed by atoms with E-state index in [0.29, 0.717) is 12.0 Å². The normalized spacial score (nSPS) is 12.2. The molecule has 0 aliphatic rings. The van der Waals surface area contributed by atoms with Crippen molar-refractivity contribution >= 4 is 17.8 Å². The molecule has 3 rings (SSSR count). The lowest BCUT2D eigenvalue weighted by molar-refractivity contribution is -0.126. The monoisotopic (exact) mass is 437 g/mol. The zero-order valence-electron chi connectivity index (χ0n) is 17.8. The molecular formula is C24H24FN3O4. The van der Waals surface area contributed by atoms with Crippen LogP contribution in [0.2, 0.25) is 0 Å². The summed E-state index contributed by atoms with van der Waals surface area (Å²) in [5.74, 6) is -1.79. The van der Waals surface area contributed by atoms with E-state index in [-0.39, 0.29) is 24.1 Å². The largest absolute Gasteiger partial charge is 0.442 e. The molecule has 32 heavy (non-hydrogen) atoms. The van der Waals surface area contributed by atoms with E-state index < -0.39 is 23.5 Å². The van der Waals surface area contributed by atoms with Crippen molar-refractivity contribution in [3.8, 4) is 11.4 Å². The highest BCUT2D eigenvalue weighted by molar-refractivity contribution is 5.96. The van der Waals surface area contributed by atoms with E-state index in [1.54, 1.807) is 6.08 Å². The molecule has 0 aliphatic carbocycles. The van der Waals surface area contributed by atoms with Gasteiger partial charge in [0.1, 0.15) is 5.82 Å². The Morgan fingerprint density at radius 3 is 2.47 bits per heavy atom. The highest BCUT2D eigenvalue weighted by atomic mass is 19.1. The Labute approximate surface area is 184 Å². The van der Waals surface area contributed by atoms with Gasteiger partial charge in [0.05, 0.1) is 12.6 Å². The average Bonchev–Trinajstić information content (AvgIpc) is 3.13. The molecule has 0 saturated carbocycles. The van der Waals surface area contributed by atoms with E-state index in [2.05, 4.69) is 10.5 Å². The zero-order chi connectivity index (χ0) is 23.1. The van der Waals surface area contributed by atoms with Crippen molar-refractivity contribution in [1.29, 1.82) is 0 Å². The zero-order valence-corrected chi connectivity index (χ0v) is 17.8. The smallest absolute Gasteiger partial charge is 0.343 e. The number of rotatable bonds is 9. The van der Waals surface area contributed by atoms with Crippen LogP contribution in [0.5, 0.6) is 0 Å². The first kappa shape index (κ1) is 22.9. The summed E-state index contributed by atoms with van der Waals surface area (Å²) in [6.07, 6.45) is 3.42. The number of hydrogen-bond donors (Lipinski definition) is 1. The van der Waals surface area contributed by atoms with E-state index in [0.717, 1.165) is 10.1 Å². The van der Waals surface area contributed by atoms with E-state index in [1.807, 2.05) is 44.2 Å². The first-order chi connectivity index (χ1) is 15.3. The van der Waals surface area contributed by atoms with Crippen LogP contribution < -0.4 is 11.1 Å². The minimum atomic E-state index is -0.809. The van der Waals surface area contributed by atoms with E-state index in [9.17, 15) is 18.8 Å². The summed E-state index contributed by atoms with van der Waals surface area (Å²) in [5.41, 5.74) is 1.29. The lowest BCUT2D eigenvalue weighted by Crippen LogP contribution is -2.43. The molecule has 2 aromatic carbocycles. The number of halogens is 1. The van der Waals surface area contributed by atoms with Gasteiger partial charge in [0, 0.05) is 11.6 Å². The molecule has 1 unspecified atom stereocenters. The maximum atomic E-state index is 13.2. The van der Waals surface area contributed by atoms with Crippen molar-refractivity contribution in [2.24, 2.45) is 5.92 Å². The van der Waals surface area contributed by atoms with Gasteiger partial charge in [0.15, 0.2) is 11.6 Å². The fourth-order valence-corrected chi connectivity index (χ4v) is 3.18. The molecule has 8 heteroatoms. The summed E-state index contributed by atoms with van der Waals surface area (Å²) in [6.45, 7) is 3.53. The fraction of sp³-hybridized carbons (Fsp3) is 0.250. The molecule has 1 heterocycles. The molecule has 1 aromatic heterocycles. The Balaban J connectivity index is 1.76. The molecule has 3 aromatic rings. The van der Waals surface area contributed by atoms with Gasteiger partial charge in [-0.15, -0.1) is 0 Å². The molecular weight excluding hydrogens is 413 g/mol. The first-order valence-electron chi connectivity index (χ1n) is 10.2. The van der Waals surface area contributed by atoms with Crippen molar-refractivity contribution in [2.45, 2.75) is 32.9 Å². The molecule has 0 aliphatic heterocycles. The topological polar surface area (TPSA) is 94.2 Å². The second kappa shape index (κ2) is 10.5. The number of ketones is 1. The third-order valence-corrected chi connectivity index (χ3v) is 4.74. The number of Topliss-reactive ketones (excluding diaryl/α,β-unsaturated/α-hetero) is 1. The van der Waals surface area contributed by atoms with Crippen LogP contribution in [-0.4, -0.2) is 27.5 Å². The predicted octanol–water partition coefficient (Wildman–Crippen LogP) is 3.46. The van der Waals surface area contributed by atoms with Gasteiger partial charge in [-0.3, -0.25) is 14.1 Å². The highest BCUT2D eigenvalue weighted by Crippen LogP contribution is 2.17. The molecule has 1 atom stereocenters. The number of benzene rings is 2. The number of amides is 1. The summed E-state index contributed by atoms with van der Waals surface area (Å²) in [4.78, 5) is 37.6. The van der Waals surface area contributed by atoms with Crippen LogP contribution in [0.3, 0.4) is 0 Å². The number of aromatic nitrogens is 2. The number of carbonyl (C=O) groups is 2. The number of nitrogens with zero attached hydrogens (tertiary/aromatic N) is 2. The molecule has 1 N–H and O–H groups in total. The number of hydrogen-bond acceptors (Lipinski definition) is 5. The van der Waals surface area contributed by atoms with Crippen LogP contribution in [0.25, 0.3) is 17.5 Å². The van der Waals surface area contributed by atoms with Crippen LogP contribution in [0.4, 0.5) is 4.39 Å². The van der Waals surface area contributed by atoms with Gasteiger partial charge in [0.25, 0.3) is 0 Å². The Morgan fingerprint density at radius 1 is 1.12 bits per heavy atom. The molecule has 0 fully saturated rings. The van der Waals surface area contributed by atoms with Gasteiger partial charge >= 0.3 is 5.76 Å². The van der Waals surface area contributed by atoms with Crippen LogP contribution in [0.15, 0.2) is 70.0 Å². The van der Waals surface area contributed by atoms with Crippen molar-refractivity contribution in [3.63, 3.8) is 0 Å². The van der Waals surface area contributed by atoms with E-state index in [4.69, 9.17) is 4.52 Å². The van der Waals surface area contributed by atoms with E-state index in [1.165, 1.54) is 30.3 Å². The van der Waals surface area contributed by atoms with Crippen LogP contribution >= 0.6 is 0 Å². The Hall–Kier alpha value is -3.81. The predicted molar refractivity (Wildman–Crippen MR) is 118 cm³/mol. The fourth-order valence-electron chi connectivity index (χ4n) is 3.18. The third kappa shape index (κ3) is 6.10. The first-order valence-corrected chi connectivity index (χ1v) is 10.2. The van der Waals surface area contributed by atoms with Gasteiger partial charge in [-0.2, -0.15) is 0 Å². The highest BCUT2D eigenvalue weighted by Gasteiger charge is 2.24. The maximum Gasteiger partial charge on any atom is 0.442 e. The Bertz CT molecular complexity index is 1150. The van der Waals surface area contributed by atoms with Crippen molar-refractivity contribution in [2.75, 3.05) is 0 Å². The maximum absolute atomic E-state index is 13.2. The molecule has 1 amide bonds. The van der Waals surface area contributed by atoms with Crippen molar-refractivity contribution in [3.05, 3.63) is 82.6 Å². The minimum Gasteiger partial charge on any atom is -0.343 e. The lowest BCUT2D eigenvalue weighted by Gasteiger charge is -2.19. The second-order valence-electron chi connectivity index (χ2n) is 7.77. The molecule has 166 valence electrons. The van der Waals surface area contributed by atoms with Gasteiger partial charge in [-0.1, -0.05) is 49.3 Å². The molecule has 0 spiro atoms. The summed E-state index contributed by atoms with van der Waals surface area (Å²) in [6, 6.07) is 13.8. The summed E-state index contributed by atoms with van der Waals surface area (Å²) in [5, 5.41) is 6.44. The Kier molecular flexibility index (Phi) is 7.49. The van der Waals surface area contributed by atoms with Crippen molar-refractivity contribution < 1.29 is 18.5 Å². The molecule has 0 bridgehead atoms. The van der Waals surface area contributed by atoms with E-state index >= 15 is 0 Å². The lowest BCUT2D eigenvalue weighted by atomic mass is 10.00. The molecule has 0 saturated heterocycles. The van der Waals surface area contributed by atoms with Crippen LogP contribution in [0, 0.1) is 11.7 Å². The van der Waals surface area contributed by atoms with Gasteiger partial charge < -0.3 is 5.32 Å². The van der Waals surface area contributed by atoms with Crippen LogP contribution in [0.1, 0.15) is 25.8 Å². The average molecular weight is 437 g/mol. The summed E-state index contributed by atoms with van der Waals surface area (Å²) >= 11 is 0. The third-order valence-electron chi connectivity index (χ3n) is 4.74. The standard InChI is InChI=1S/C24H24FN3O4/c1-16(2)14-20(26-22(30)13-8-17-6-4-3-5-7-17)21(29)15-28-23(27-32-24(28)31)18-9-11-19(25)12-10-18/h3-13,16,20H,14-15H2,1-2H3,(H,26,30)/b13-8+. The quantitative estimate of drug-likeness (QED) is 0.518. The van der Waals surface area contributed by atoms with Crippen LogP contribution in [-0.2, 0) is 16.1 Å². The second-order valence-corrected chi connectivity index (χ2v) is 7.77. The van der Waals surface area contributed by atoms with Gasteiger partial charge in [-0.25, -0.2) is 13.8 Å². The number of carbonyl (C=O) groups excluding carboxylic acids is 2. The van der Waals surface area contributed by atoms with Crippen molar-refractivity contribution in [1.82, 2.24) is 15.0 Å². The Morgan fingerprint density at radius 2 is 1.81 bits per heavy atom. The SMILES string of the molecule is CC(C)CC(NC(=O)/C=C/c1ccccc1)C(=O)Cn1c(-c2ccc(F)cc2)noc1=O. The number of nitrogens with one attached hydrogen (secondary N) is 1. The summed E-state index contributed by atoms with van der Waals surface area (Å²) in [7, 11) is 0.